The predicted molar refractivity (Wildman–Crippen MR) is 123 cm³/mol. The molecule has 8 heteroatoms. The van der Waals surface area contributed by atoms with Crippen molar-refractivity contribution in [3.8, 4) is 17.0 Å². The van der Waals surface area contributed by atoms with Crippen LogP contribution >= 0.6 is 15.9 Å². The Balaban J connectivity index is 1.73. The molecule has 0 bridgehead atoms. The molecule has 1 amide bonds. The van der Waals surface area contributed by atoms with Gasteiger partial charge < -0.3 is 9.47 Å². The van der Waals surface area contributed by atoms with Crippen LogP contribution in [0.15, 0.2) is 46.9 Å². The molecular formula is C24H25BrFN3O3. The second kappa shape index (κ2) is 8.58. The number of fused-ring (bicyclic) bond motifs is 1. The number of hydrogen-bond donors (Lipinski definition) is 0. The molecule has 0 N–H and O–H groups in total. The lowest BCUT2D eigenvalue weighted by molar-refractivity contribution is 0.0239. The minimum absolute atomic E-state index is 0.315. The van der Waals surface area contributed by atoms with Crippen LogP contribution < -0.4 is 4.74 Å². The zero-order chi connectivity index (χ0) is 23.0. The van der Waals surface area contributed by atoms with E-state index < -0.39 is 11.7 Å². The molecule has 4 rings (SSSR count). The molecule has 0 atom stereocenters. The number of ether oxygens (including phenoxy) is 2. The minimum Gasteiger partial charge on any atom is -0.497 e. The Labute approximate surface area is 195 Å². The van der Waals surface area contributed by atoms with E-state index in [2.05, 4.69) is 15.9 Å². The molecule has 1 aromatic heterocycles. The summed E-state index contributed by atoms with van der Waals surface area (Å²) in [4.78, 5) is 14.2. The topological polar surface area (TPSA) is 56.6 Å². The van der Waals surface area contributed by atoms with E-state index in [0.29, 0.717) is 30.9 Å². The van der Waals surface area contributed by atoms with Crippen molar-refractivity contribution >= 4 is 22.0 Å². The normalized spacial score (nSPS) is 13.2. The first-order valence-corrected chi connectivity index (χ1v) is 11.1. The molecular weight excluding hydrogens is 477 g/mol. The van der Waals surface area contributed by atoms with Crippen molar-refractivity contribution in [2.75, 3.05) is 7.11 Å². The van der Waals surface area contributed by atoms with Crippen molar-refractivity contribution in [1.29, 1.82) is 0 Å². The lowest BCUT2D eigenvalue weighted by Gasteiger charge is -2.24. The second-order valence-corrected chi connectivity index (χ2v) is 9.66. The molecule has 1 aliphatic rings. The number of carbonyl (C=O) groups excluding carboxylic acids is 1. The van der Waals surface area contributed by atoms with Crippen LogP contribution in [0.1, 0.15) is 37.6 Å². The van der Waals surface area contributed by atoms with Crippen molar-refractivity contribution in [2.24, 2.45) is 0 Å². The van der Waals surface area contributed by atoms with Gasteiger partial charge in [-0.25, -0.2) is 9.18 Å². The summed E-state index contributed by atoms with van der Waals surface area (Å²) in [7, 11) is 1.62. The van der Waals surface area contributed by atoms with Gasteiger partial charge in [0.25, 0.3) is 0 Å². The molecule has 2 aromatic carbocycles. The van der Waals surface area contributed by atoms with Gasteiger partial charge in [0.1, 0.15) is 17.2 Å². The standard InChI is InChI=1S/C24H25BrFN3O3/c1-24(2,3)32-23(30)28-13-19-21(14-28)27-29(22(19)18-7-5-6-8-20(18)26)12-15-9-16(25)11-17(10-15)31-4/h5-11H,12-14H2,1-4H3. The molecule has 0 fully saturated rings. The highest BCUT2D eigenvalue weighted by Crippen LogP contribution is 2.35. The third-order valence-corrected chi connectivity index (χ3v) is 5.56. The second-order valence-electron chi connectivity index (χ2n) is 8.75. The third kappa shape index (κ3) is 4.65. The summed E-state index contributed by atoms with van der Waals surface area (Å²) in [5.74, 6) is 0.386. The van der Waals surface area contributed by atoms with E-state index in [1.54, 1.807) is 34.9 Å². The van der Waals surface area contributed by atoms with E-state index in [1.165, 1.54) is 6.07 Å². The zero-order valence-electron chi connectivity index (χ0n) is 18.5. The van der Waals surface area contributed by atoms with E-state index in [1.807, 2.05) is 39.0 Å². The van der Waals surface area contributed by atoms with Gasteiger partial charge in [-0.2, -0.15) is 5.10 Å². The molecule has 0 aliphatic carbocycles. The van der Waals surface area contributed by atoms with E-state index in [0.717, 1.165) is 27.0 Å². The van der Waals surface area contributed by atoms with Crippen LogP contribution in [0.25, 0.3) is 11.3 Å². The molecule has 0 unspecified atom stereocenters. The van der Waals surface area contributed by atoms with Gasteiger partial charge >= 0.3 is 6.09 Å². The summed E-state index contributed by atoms with van der Waals surface area (Å²) in [6.45, 7) is 6.56. The summed E-state index contributed by atoms with van der Waals surface area (Å²) in [5.41, 5.74) is 3.07. The SMILES string of the molecule is COc1cc(Br)cc(Cn2nc3c(c2-c2ccccc2F)CN(C(=O)OC(C)(C)C)C3)c1. The maximum atomic E-state index is 14.8. The number of methoxy groups -OCH3 is 1. The Bertz CT molecular complexity index is 1170. The summed E-state index contributed by atoms with van der Waals surface area (Å²) in [5, 5.41) is 4.76. The quantitative estimate of drug-likeness (QED) is 0.456. The minimum atomic E-state index is -0.592. The molecule has 2 heterocycles. The molecule has 32 heavy (non-hydrogen) atoms. The van der Waals surface area contributed by atoms with Crippen molar-refractivity contribution in [1.82, 2.24) is 14.7 Å². The van der Waals surface area contributed by atoms with Gasteiger partial charge in [-0.15, -0.1) is 0 Å². The average Bonchev–Trinajstić information content (AvgIpc) is 3.24. The fourth-order valence-electron chi connectivity index (χ4n) is 3.80. The fraction of sp³-hybridized carbons (Fsp3) is 0.333. The lowest BCUT2D eigenvalue weighted by Crippen LogP contribution is -2.33. The Kier molecular flexibility index (Phi) is 5.99. The van der Waals surface area contributed by atoms with Crippen molar-refractivity contribution < 1.29 is 18.7 Å². The van der Waals surface area contributed by atoms with Crippen LogP contribution in [0.2, 0.25) is 0 Å². The number of rotatable bonds is 4. The first kappa shape index (κ1) is 22.3. The van der Waals surface area contributed by atoms with Crippen molar-refractivity contribution in [3.05, 3.63) is 69.6 Å². The fourth-order valence-corrected chi connectivity index (χ4v) is 4.32. The van der Waals surface area contributed by atoms with Gasteiger partial charge in [-0.3, -0.25) is 9.58 Å². The number of carbonyl (C=O) groups is 1. The summed E-state index contributed by atoms with van der Waals surface area (Å²) < 4.78 is 28.4. The smallest absolute Gasteiger partial charge is 0.410 e. The Morgan fingerprint density at radius 3 is 2.62 bits per heavy atom. The number of aromatic nitrogens is 2. The van der Waals surface area contributed by atoms with Crippen LogP contribution in [0, 0.1) is 5.82 Å². The van der Waals surface area contributed by atoms with Crippen LogP contribution in [-0.4, -0.2) is 33.5 Å². The molecule has 3 aromatic rings. The highest BCUT2D eigenvalue weighted by atomic mass is 79.9. The summed E-state index contributed by atoms with van der Waals surface area (Å²) >= 11 is 3.51. The van der Waals surface area contributed by atoms with Crippen LogP contribution in [0.3, 0.4) is 0 Å². The lowest BCUT2D eigenvalue weighted by atomic mass is 10.1. The Hall–Kier alpha value is -2.87. The van der Waals surface area contributed by atoms with Gasteiger partial charge in [0, 0.05) is 15.6 Å². The molecule has 6 nitrogen and oxygen atoms in total. The maximum absolute atomic E-state index is 14.8. The molecule has 1 aliphatic heterocycles. The number of hydrogen-bond acceptors (Lipinski definition) is 4. The average molecular weight is 502 g/mol. The van der Waals surface area contributed by atoms with Gasteiger partial charge in [-0.1, -0.05) is 28.1 Å². The monoisotopic (exact) mass is 501 g/mol. The largest absolute Gasteiger partial charge is 0.497 e. The van der Waals surface area contributed by atoms with Gasteiger partial charge in [0.2, 0.25) is 0 Å². The Morgan fingerprint density at radius 1 is 1.19 bits per heavy atom. The van der Waals surface area contributed by atoms with Crippen molar-refractivity contribution in [3.63, 3.8) is 0 Å². The number of nitrogens with zero attached hydrogens (tertiary/aromatic N) is 3. The predicted octanol–water partition coefficient (Wildman–Crippen LogP) is 5.76. The molecule has 0 saturated heterocycles. The molecule has 168 valence electrons. The van der Waals surface area contributed by atoms with Gasteiger partial charge in [-0.05, 0) is 56.7 Å². The van der Waals surface area contributed by atoms with Crippen LogP contribution in [0.5, 0.6) is 5.75 Å². The highest BCUT2D eigenvalue weighted by Gasteiger charge is 2.33. The highest BCUT2D eigenvalue weighted by molar-refractivity contribution is 9.10. The Morgan fingerprint density at radius 2 is 1.94 bits per heavy atom. The van der Waals surface area contributed by atoms with Crippen LogP contribution in [0.4, 0.5) is 9.18 Å². The number of halogens is 2. The van der Waals surface area contributed by atoms with E-state index in [9.17, 15) is 9.18 Å². The van der Waals surface area contributed by atoms with E-state index in [4.69, 9.17) is 14.6 Å². The molecule has 0 saturated carbocycles. The van der Waals surface area contributed by atoms with E-state index in [-0.39, 0.29) is 5.82 Å². The maximum Gasteiger partial charge on any atom is 0.410 e. The van der Waals surface area contributed by atoms with Crippen LogP contribution in [-0.2, 0) is 24.4 Å². The van der Waals surface area contributed by atoms with E-state index >= 15 is 0 Å². The van der Waals surface area contributed by atoms with Gasteiger partial charge in [0.15, 0.2) is 0 Å². The van der Waals surface area contributed by atoms with Gasteiger partial charge in [0.05, 0.1) is 38.1 Å². The number of benzene rings is 2. The third-order valence-electron chi connectivity index (χ3n) is 5.10. The zero-order valence-corrected chi connectivity index (χ0v) is 20.1. The molecule has 0 radical (unpaired) electrons. The van der Waals surface area contributed by atoms with Crippen molar-refractivity contribution in [2.45, 2.75) is 46.0 Å². The summed E-state index contributed by atoms with van der Waals surface area (Å²) in [6, 6.07) is 12.4. The summed E-state index contributed by atoms with van der Waals surface area (Å²) in [6.07, 6.45) is -0.404. The molecule has 0 spiro atoms. The first-order valence-electron chi connectivity index (χ1n) is 10.3. The number of amides is 1. The first-order chi connectivity index (χ1) is 15.1.